The Balaban J connectivity index is 2.67. The second-order valence-corrected chi connectivity index (χ2v) is 6.02. The zero-order valence-electron chi connectivity index (χ0n) is 11.7. The number of urea groups is 1. The molecule has 0 unspecified atom stereocenters. The van der Waals surface area contributed by atoms with Crippen LogP contribution in [-0.2, 0) is 0 Å². The Bertz CT molecular complexity index is 567. The van der Waals surface area contributed by atoms with Gasteiger partial charge in [0.15, 0.2) is 5.11 Å². The molecule has 0 saturated heterocycles. The van der Waals surface area contributed by atoms with Crippen LogP contribution in [0.5, 0.6) is 0 Å². The lowest BCUT2D eigenvalue weighted by molar-refractivity contribution is 0.0973. The van der Waals surface area contributed by atoms with Gasteiger partial charge in [-0.25, -0.2) is 9.18 Å². The van der Waals surface area contributed by atoms with Crippen molar-refractivity contribution in [2.24, 2.45) is 0 Å². The Hall–Kier alpha value is -1.73. The maximum atomic E-state index is 13.5. The van der Waals surface area contributed by atoms with Gasteiger partial charge in [0.1, 0.15) is 5.82 Å². The van der Waals surface area contributed by atoms with Gasteiger partial charge in [-0.05, 0) is 45.1 Å². The fourth-order valence-corrected chi connectivity index (χ4v) is 1.82. The number of carbonyl (C=O) groups excluding carboxylic acids is 2. The third kappa shape index (κ3) is 5.65. The highest BCUT2D eigenvalue weighted by molar-refractivity contribution is 7.80. The van der Waals surface area contributed by atoms with Gasteiger partial charge in [-0.1, -0.05) is 17.7 Å². The Kier molecular flexibility index (Phi) is 5.62. The van der Waals surface area contributed by atoms with Gasteiger partial charge in [-0.15, -0.1) is 0 Å². The van der Waals surface area contributed by atoms with Crippen LogP contribution in [0.15, 0.2) is 18.2 Å². The largest absolute Gasteiger partial charge is 0.333 e. The number of nitrogens with one attached hydrogen (secondary N) is 3. The minimum atomic E-state index is -0.834. The SMILES string of the molecule is CC(C)(C)NC(=O)NC(=S)NC(=O)c1c(F)cccc1Cl. The normalized spacial score (nSPS) is 10.7. The van der Waals surface area contributed by atoms with Crippen LogP contribution in [0.3, 0.4) is 0 Å². The van der Waals surface area contributed by atoms with Gasteiger partial charge in [0, 0.05) is 5.54 Å². The molecule has 1 aromatic rings. The molecule has 0 aliphatic carbocycles. The Labute approximate surface area is 132 Å². The molecule has 0 saturated carbocycles. The lowest BCUT2D eigenvalue weighted by Crippen LogP contribution is -2.51. The van der Waals surface area contributed by atoms with Crippen molar-refractivity contribution in [3.05, 3.63) is 34.6 Å². The minimum absolute atomic E-state index is 0.0468. The molecule has 0 aliphatic heterocycles. The Morgan fingerprint density at radius 3 is 2.38 bits per heavy atom. The maximum absolute atomic E-state index is 13.5. The molecule has 3 amide bonds. The van der Waals surface area contributed by atoms with E-state index in [1.54, 1.807) is 20.8 Å². The molecule has 0 spiro atoms. The van der Waals surface area contributed by atoms with Gasteiger partial charge in [-0.2, -0.15) is 0 Å². The molecule has 0 atom stereocenters. The smallest absolute Gasteiger partial charge is 0.321 e. The van der Waals surface area contributed by atoms with Crippen LogP contribution in [0.4, 0.5) is 9.18 Å². The first-order chi connectivity index (χ1) is 9.60. The lowest BCUT2D eigenvalue weighted by Gasteiger charge is -2.21. The minimum Gasteiger partial charge on any atom is -0.333 e. The third-order valence-electron chi connectivity index (χ3n) is 2.13. The van der Waals surface area contributed by atoms with Crippen molar-refractivity contribution in [2.75, 3.05) is 0 Å². The second-order valence-electron chi connectivity index (χ2n) is 5.21. The fourth-order valence-electron chi connectivity index (χ4n) is 1.39. The number of hydrogen-bond acceptors (Lipinski definition) is 3. The van der Waals surface area contributed by atoms with Crippen LogP contribution in [0, 0.1) is 5.82 Å². The van der Waals surface area contributed by atoms with E-state index in [0.29, 0.717) is 0 Å². The summed E-state index contributed by atoms with van der Waals surface area (Å²) in [6.45, 7) is 5.36. The number of hydrogen-bond donors (Lipinski definition) is 3. The van der Waals surface area contributed by atoms with Crippen molar-refractivity contribution in [2.45, 2.75) is 26.3 Å². The van der Waals surface area contributed by atoms with E-state index >= 15 is 0 Å². The van der Waals surface area contributed by atoms with Gasteiger partial charge in [0.05, 0.1) is 10.6 Å². The molecule has 3 N–H and O–H groups in total. The summed E-state index contributed by atoms with van der Waals surface area (Å²) in [6, 6.07) is 3.28. The summed E-state index contributed by atoms with van der Waals surface area (Å²) < 4.78 is 13.5. The van der Waals surface area contributed by atoms with Crippen molar-refractivity contribution in [1.82, 2.24) is 16.0 Å². The average Bonchev–Trinajstić information content (AvgIpc) is 2.24. The van der Waals surface area contributed by atoms with Crippen molar-refractivity contribution in [3.8, 4) is 0 Å². The molecular formula is C13H15ClFN3O2S. The van der Waals surface area contributed by atoms with Gasteiger partial charge in [0.2, 0.25) is 0 Å². The highest BCUT2D eigenvalue weighted by Crippen LogP contribution is 2.18. The van der Waals surface area contributed by atoms with Gasteiger partial charge < -0.3 is 5.32 Å². The fraction of sp³-hybridized carbons (Fsp3) is 0.308. The van der Waals surface area contributed by atoms with Crippen molar-refractivity contribution in [1.29, 1.82) is 0 Å². The summed E-state index contributed by atoms with van der Waals surface area (Å²) in [5.74, 6) is -1.61. The Morgan fingerprint density at radius 1 is 1.24 bits per heavy atom. The number of halogens is 2. The molecule has 0 aromatic heterocycles. The van der Waals surface area contributed by atoms with E-state index in [2.05, 4.69) is 16.0 Å². The summed E-state index contributed by atoms with van der Waals surface area (Å²) in [7, 11) is 0. The van der Waals surface area contributed by atoms with E-state index < -0.39 is 23.3 Å². The van der Waals surface area contributed by atoms with E-state index in [1.165, 1.54) is 12.1 Å². The van der Waals surface area contributed by atoms with E-state index in [0.717, 1.165) is 6.07 Å². The average molecular weight is 332 g/mol. The number of thiocarbonyl (C=S) groups is 1. The van der Waals surface area contributed by atoms with Gasteiger partial charge in [-0.3, -0.25) is 15.4 Å². The molecule has 0 bridgehead atoms. The predicted octanol–water partition coefficient (Wildman–Crippen LogP) is 2.59. The standard InChI is InChI=1S/C13H15ClFN3O2S/c1-13(2,3)18-11(20)17-12(21)16-10(19)9-7(14)5-4-6-8(9)15/h4-6H,1-3H3,(H3,16,17,18,19,20,21). The number of carbonyl (C=O) groups is 2. The molecule has 0 radical (unpaired) electrons. The molecule has 114 valence electrons. The number of rotatable bonds is 1. The van der Waals surface area contributed by atoms with Crippen LogP contribution < -0.4 is 16.0 Å². The number of amides is 3. The maximum Gasteiger partial charge on any atom is 0.321 e. The van der Waals surface area contributed by atoms with Crippen molar-refractivity contribution in [3.63, 3.8) is 0 Å². The van der Waals surface area contributed by atoms with Gasteiger partial charge in [0.25, 0.3) is 5.91 Å². The Morgan fingerprint density at radius 2 is 1.86 bits per heavy atom. The summed E-state index contributed by atoms with van der Waals surface area (Å²) >= 11 is 10.6. The molecule has 1 aromatic carbocycles. The van der Waals surface area contributed by atoms with E-state index in [9.17, 15) is 14.0 Å². The molecule has 0 heterocycles. The topological polar surface area (TPSA) is 70.2 Å². The molecular weight excluding hydrogens is 317 g/mol. The zero-order chi connectivity index (χ0) is 16.2. The van der Waals surface area contributed by atoms with E-state index in [1.807, 2.05) is 0 Å². The molecule has 1 rings (SSSR count). The van der Waals surface area contributed by atoms with E-state index in [4.69, 9.17) is 23.8 Å². The number of benzene rings is 1. The summed E-state index contributed by atoms with van der Waals surface area (Å²) in [4.78, 5) is 23.4. The highest BCUT2D eigenvalue weighted by atomic mass is 35.5. The van der Waals surface area contributed by atoms with Crippen LogP contribution in [0.1, 0.15) is 31.1 Å². The first-order valence-corrected chi connectivity index (χ1v) is 6.77. The highest BCUT2D eigenvalue weighted by Gasteiger charge is 2.19. The zero-order valence-corrected chi connectivity index (χ0v) is 13.3. The predicted molar refractivity (Wildman–Crippen MR) is 82.9 cm³/mol. The molecule has 0 fully saturated rings. The van der Waals surface area contributed by atoms with Crippen LogP contribution >= 0.6 is 23.8 Å². The quantitative estimate of drug-likeness (QED) is 0.693. The lowest BCUT2D eigenvalue weighted by atomic mass is 10.1. The van der Waals surface area contributed by atoms with Crippen LogP contribution in [0.25, 0.3) is 0 Å². The van der Waals surface area contributed by atoms with Crippen LogP contribution in [0.2, 0.25) is 5.02 Å². The van der Waals surface area contributed by atoms with Crippen LogP contribution in [-0.4, -0.2) is 22.6 Å². The third-order valence-corrected chi connectivity index (χ3v) is 2.65. The van der Waals surface area contributed by atoms with Crippen molar-refractivity contribution >= 4 is 40.9 Å². The summed E-state index contributed by atoms with van der Waals surface area (Å²) in [5, 5.41) is 6.75. The first-order valence-electron chi connectivity index (χ1n) is 5.98. The second kappa shape index (κ2) is 6.82. The molecule has 21 heavy (non-hydrogen) atoms. The van der Waals surface area contributed by atoms with Crippen molar-refractivity contribution < 1.29 is 14.0 Å². The van der Waals surface area contributed by atoms with Gasteiger partial charge >= 0.3 is 6.03 Å². The molecule has 0 aliphatic rings. The monoisotopic (exact) mass is 331 g/mol. The summed E-state index contributed by atoms with van der Waals surface area (Å²) in [5.41, 5.74) is -0.794. The first kappa shape index (κ1) is 17.3. The molecule has 8 heteroatoms. The molecule has 5 nitrogen and oxygen atoms in total. The van der Waals surface area contributed by atoms with E-state index in [-0.39, 0.29) is 15.7 Å². The summed E-state index contributed by atoms with van der Waals surface area (Å²) in [6.07, 6.45) is 0.